The maximum Gasteiger partial charge on any atom is 0.160 e. The highest BCUT2D eigenvalue weighted by Crippen LogP contribution is 2.58. The van der Waals surface area contributed by atoms with Crippen molar-refractivity contribution in [2.45, 2.75) is 127 Å². The van der Waals surface area contributed by atoms with Gasteiger partial charge in [-0.15, -0.1) is 0 Å². The molecule has 3 saturated carbocycles. The van der Waals surface area contributed by atoms with Crippen LogP contribution in [0.25, 0.3) is 0 Å². The Labute approximate surface area is 219 Å². The molecule has 0 bridgehead atoms. The largest absolute Gasteiger partial charge is 0.393 e. The van der Waals surface area contributed by atoms with Crippen molar-refractivity contribution in [1.29, 1.82) is 0 Å². The van der Waals surface area contributed by atoms with E-state index < -0.39 is 31.5 Å². The summed E-state index contributed by atoms with van der Waals surface area (Å²) >= 11 is 0. The van der Waals surface area contributed by atoms with Crippen molar-refractivity contribution in [3.8, 4) is 0 Å². The van der Waals surface area contributed by atoms with E-state index in [2.05, 4.69) is 38.7 Å². The van der Waals surface area contributed by atoms with E-state index in [1.807, 2.05) is 20.8 Å². The third-order valence-corrected chi connectivity index (χ3v) is 13.4. The lowest BCUT2D eigenvalue weighted by atomic mass is 9.62. The fourth-order valence-corrected chi connectivity index (χ4v) is 10.1. The molecule has 0 saturated heterocycles. The van der Waals surface area contributed by atoms with E-state index in [9.17, 15) is 18.6 Å². The summed E-state index contributed by atoms with van der Waals surface area (Å²) in [5.74, 6) is 0.858. The molecule has 0 aromatic carbocycles. The summed E-state index contributed by atoms with van der Waals surface area (Å²) in [4.78, 5) is 0. The Kier molecular flexibility index (Phi) is 7.62. The standard InChI is InChI=1S/C31H48O4S/c1-21(14-18-31(16-8-17-31)36(34,35)29(3,4)5)26-12-13-27-23(9-7-15-30(26,27)6)10-11-24-19-25(32)20-28(33)22(24)2/h10-12,21,25,27-28,32-33H,2,7-9,13-20H2,1,3-6H3/b23-10+,24-11-/t21-,25?,27+,28?,30-/m1/s1. The number of allylic oxidation sites excluding steroid dienone is 5. The van der Waals surface area contributed by atoms with E-state index in [0.717, 1.165) is 62.5 Å². The second-order valence-corrected chi connectivity index (χ2v) is 16.5. The van der Waals surface area contributed by atoms with Crippen LogP contribution in [-0.2, 0) is 9.84 Å². The Hall–Kier alpha value is -1.17. The van der Waals surface area contributed by atoms with Gasteiger partial charge in [0, 0.05) is 6.42 Å². The van der Waals surface area contributed by atoms with Crippen LogP contribution >= 0.6 is 0 Å². The summed E-state index contributed by atoms with van der Waals surface area (Å²) < 4.78 is 25.6. The minimum absolute atomic E-state index is 0.125. The van der Waals surface area contributed by atoms with E-state index in [1.165, 1.54) is 17.6 Å². The van der Waals surface area contributed by atoms with Crippen molar-refractivity contribution in [2.75, 3.05) is 0 Å². The van der Waals surface area contributed by atoms with Gasteiger partial charge in [0.05, 0.1) is 21.7 Å². The van der Waals surface area contributed by atoms with Gasteiger partial charge in [-0.2, -0.15) is 0 Å². The smallest absolute Gasteiger partial charge is 0.160 e. The minimum atomic E-state index is -3.18. The van der Waals surface area contributed by atoms with E-state index in [1.54, 1.807) is 0 Å². The summed E-state index contributed by atoms with van der Waals surface area (Å²) in [5, 5.41) is 20.3. The van der Waals surface area contributed by atoms with Gasteiger partial charge in [0.15, 0.2) is 9.84 Å². The second kappa shape index (κ2) is 9.85. The second-order valence-electron chi connectivity index (χ2n) is 13.4. The number of hydrogen-bond acceptors (Lipinski definition) is 4. The fraction of sp³-hybridized carbons (Fsp3) is 0.742. The van der Waals surface area contributed by atoms with Crippen LogP contribution in [0, 0.1) is 17.3 Å². The van der Waals surface area contributed by atoms with Crippen LogP contribution in [0.3, 0.4) is 0 Å². The number of sulfone groups is 1. The number of fused-ring (bicyclic) bond motifs is 1. The van der Waals surface area contributed by atoms with Crippen LogP contribution in [0.1, 0.15) is 105 Å². The van der Waals surface area contributed by atoms with Crippen molar-refractivity contribution in [1.82, 2.24) is 0 Å². The predicted molar refractivity (Wildman–Crippen MR) is 148 cm³/mol. The number of aliphatic hydroxyl groups excluding tert-OH is 2. The fourth-order valence-electron chi connectivity index (χ4n) is 7.59. The molecular formula is C31H48O4S. The number of aliphatic hydroxyl groups is 2. The summed E-state index contributed by atoms with van der Waals surface area (Å²) in [6, 6.07) is 0. The van der Waals surface area contributed by atoms with Gasteiger partial charge >= 0.3 is 0 Å². The first kappa shape index (κ1) is 27.9. The molecule has 202 valence electrons. The molecule has 36 heavy (non-hydrogen) atoms. The van der Waals surface area contributed by atoms with Crippen LogP contribution in [0.2, 0.25) is 0 Å². The van der Waals surface area contributed by atoms with E-state index >= 15 is 0 Å². The van der Waals surface area contributed by atoms with Crippen LogP contribution in [0.15, 0.2) is 47.1 Å². The van der Waals surface area contributed by atoms with Crippen molar-refractivity contribution in [3.63, 3.8) is 0 Å². The molecule has 5 atom stereocenters. The molecule has 0 amide bonds. The van der Waals surface area contributed by atoms with Gasteiger partial charge in [0.25, 0.3) is 0 Å². The quantitative estimate of drug-likeness (QED) is 0.390. The molecule has 4 aliphatic carbocycles. The average Bonchev–Trinajstić information content (AvgIpc) is 3.11. The lowest BCUT2D eigenvalue weighted by Gasteiger charge is -2.46. The van der Waals surface area contributed by atoms with Crippen LogP contribution in [0.5, 0.6) is 0 Å². The zero-order valence-corrected chi connectivity index (χ0v) is 24.0. The maximum atomic E-state index is 13.4. The predicted octanol–water partition coefficient (Wildman–Crippen LogP) is 6.60. The molecule has 0 spiro atoms. The molecular weight excluding hydrogens is 468 g/mol. The van der Waals surface area contributed by atoms with Crippen LogP contribution in [0.4, 0.5) is 0 Å². The maximum absolute atomic E-state index is 13.4. The monoisotopic (exact) mass is 516 g/mol. The van der Waals surface area contributed by atoms with Crippen LogP contribution in [-0.4, -0.2) is 40.3 Å². The number of rotatable bonds is 6. The highest BCUT2D eigenvalue weighted by Gasteiger charge is 2.53. The molecule has 2 N–H and O–H groups in total. The summed E-state index contributed by atoms with van der Waals surface area (Å²) in [5.41, 5.74) is 4.82. The van der Waals surface area contributed by atoms with Gasteiger partial charge in [-0.3, -0.25) is 0 Å². The van der Waals surface area contributed by atoms with Crippen molar-refractivity contribution < 1.29 is 18.6 Å². The van der Waals surface area contributed by atoms with Gasteiger partial charge in [0.1, 0.15) is 0 Å². The van der Waals surface area contributed by atoms with Crippen molar-refractivity contribution in [3.05, 3.63) is 47.1 Å². The third-order valence-electron chi connectivity index (χ3n) is 10.1. The first-order valence-corrected chi connectivity index (χ1v) is 15.6. The molecule has 0 aromatic heterocycles. The van der Waals surface area contributed by atoms with E-state index in [-0.39, 0.29) is 5.41 Å². The summed E-state index contributed by atoms with van der Waals surface area (Å²) in [7, 11) is -3.18. The van der Waals surface area contributed by atoms with Gasteiger partial charge in [-0.25, -0.2) is 8.42 Å². The lowest BCUT2D eigenvalue weighted by Crippen LogP contribution is -2.52. The summed E-state index contributed by atoms with van der Waals surface area (Å²) in [6.07, 6.45) is 15.4. The third kappa shape index (κ3) is 4.73. The van der Waals surface area contributed by atoms with Gasteiger partial charge in [-0.1, -0.05) is 56.2 Å². The molecule has 4 nitrogen and oxygen atoms in total. The van der Waals surface area contributed by atoms with Gasteiger partial charge in [-0.05, 0) is 107 Å². The number of hydrogen-bond donors (Lipinski definition) is 2. The first-order valence-electron chi connectivity index (χ1n) is 14.1. The molecule has 5 heteroatoms. The molecule has 3 fully saturated rings. The molecule has 0 radical (unpaired) electrons. The average molecular weight is 517 g/mol. The van der Waals surface area contributed by atoms with Crippen LogP contribution < -0.4 is 0 Å². The Morgan fingerprint density at radius 1 is 1.17 bits per heavy atom. The van der Waals surface area contributed by atoms with E-state index in [4.69, 9.17) is 0 Å². The molecule has 0 heterocycles. The Morgan fingerprint density at radius 3 is 2.47 bits per heavy atom. The lowest BCUT2D eigenvalue weighted by molar-refractivity contribution is 0.0862. The van der Waals surface area contributed by atoms with Crippen molar-refractivity contribution >= 4 is 9.84 Å². The van der Waals surface area contributed by atoms with Gasteiger partial charge in [0.2, 0.25) is 0 Å². The SMILES string of the molecule is C=C1/C(=C\C=C2/CCC[C@]3(C)C([C@H](C)CCC4(S(=O)(=O)C(C)(C)C)CCC4)=CC[C@@H]23)CC(O)CC1O. The Bertz CT molecular complexity index is 1070. The Balaban J connectivity index is 1.48. The van der Waals surface area contributed by atoms with Crippen molar-refractivity contribution in [2.24, 2.45) is 17.3 Å². The molecule has 0 aliphatic heterocycles. The topological polar surface area (TPSA) is 74.6 Å². The first-order chi connectivity index (χ1) is 16.7. The molecule has 4 rings (SSSR count). The highest BCUT2D eigenvalue weighted by molar-refractivity contribution is 7.94. The van der Waals surface area contributed by atoms with E-state index in [0.29, 0.717) is 24.7 Å². The molecule has 4 aliphatic rings. The molecule has 2 unspecified atom stereocenters. The molecule has 0 aromatic rings. The normalized spacial score (nSPS) is 35.9. The summed E-state index contributed by atoms with van der Waals surface area (Å²) in [6.45, 7) is 14.4. The highest BCUT2D eigenvalue weighted by atomic mass is 32.2. The minimum Gasteiger partial charge on any atom is -0.393 e. The zero-order chi connectivity index (χ0) is 26.5. The van der Waals surface area contributed by atoms with Gasteiger partial charge < -0.3 is 10.2 Å². The Morgan fingerprint density at radius 2 is 1.86 bits per heavy atom. The zero-order valence-electron chi connectivity index (χ0n) is 23.1.